The summed E-state index contributed by atoms with van der Waals surface area (Å²) in [5.74, 6) is 0.596. The number of aromatic nitrogens is 1. The SMILES string of the molecule is O=[N+]([O-])c1ccc(OC[C@@H]2CO2)c2cccnc12. The summed E-state index contributed by atoms with van der Waals surface area (Å²) in [6.07, 6.45) is 1.68. The molecule has 0 N–H and O–H groups in total. The van der Waals surface area contributed by atoms with Crippen molar-refractivity contribution in [3.05, 3.63) is 40.6 Å². The third-order valence-corrected chi connectivity index (χ3v) is 2.73. The molecule has 1 aliphatic rings. The highest BCUT2D eigenvalue weighted by Gasteiger charge is 2.24. The molecule has 18 heavy (non-hydrogen) atoms. The minimum absolute atomic E-state index is 0.0133. The van der Waals surface area contributed by atoms with Crippen LogP contribution >= 0.6 is 0 Å². The summed E-state index contributed by atoms with van der Waals surface area (Å²) in [6.45, 7) is 1.17. The molecule has 2 aromatic rings. The number of non-ortho nitro benzene ring substituents is 1. The van der Waals surface area contributed by atoms with Gasteiger partial charge in [-0.05, 0) is 18.2 Å². The van der Waals surface area contributed by atoms with Crippen LogP contribution in [0, 0.1) is 10.1 Å². The van der Waals surface area contributed by atoms with E-state index >= 15 is 0 Å². The van der Waals surface area contributed by atoms with Crippen LogP contribution in [0.2, 0.25) is 0 Å². The molecule has 0 bridgehead atoms. The number of fused-ring (bicyclic) bond motifs is 1. The predicted octanol–water partition coefficient (Wildman–Crippen LogP) is 1.92. The van der Waals surface area contributed by atoms with Crippen molar-refractivity contribution in [2.24, 2.45) is 0 Å². The first-order chi connectivity index (χ1) is 8.75. The molecule has 0 amide bonds. The molecule has 1 fully saturated rings. The van der Waals surface area contributed by atoms with Crippen molar-refractivity contribution in [3.63, 3.8) is 0 Å². The van der Waals surface area contributed by atoms with Gasteiger partial charge < -0.3 is 9.47 Å². The van der Waals surface area contributed by atoms with Gasteiger partial charge in [-0.1, -0.05) is 0 Å². The zero-order valence-electron chi connectivity index (χ0n) is 9.41. The Morgan fingerprint density at radius 3 is 3.06 bits per heavy atom. The normalized spacial score (nSPS) is 17.7. The number of nitrogens with zero attached hydrogens (tertiary/aromatic N) is 2. The van der Waals surface area contributed by atoms with Gasteiger partial charge in [0.2, 0.25) is 0 Å². The summed E-state index contributed by atoms with van der Waals surface area (Å²) in [7, 11) is 0. The van der Waals surface area contributed by atoms with Gasteiger partial charge in [-0.2, -0.15) is 0 Å². The van der Waals surface area contributed by atoms with Gasteiger partial charge in [0.1, 0.15) is 18.5 Å². The van der Waals surface area contributed by atoms with Crippen molar-refractivity contribution >= 4 is 16.6 Å². The standard InChI is InChI=1S/C12H10N2O4/c15-14(16)10-3-4-11(18-7-8-6-17-8)9-2-1-5-13-12(9)10/h1-5,8H,6-7H2/t8-/m0/s1. The van der Waals surface area contributed by atoms with Crippen LogP contribution in [-0.4, -0.2) is 29.2 Å². The van der Waals surface area contributed by atoms with E-state index in [4.69, 9.17) is 9.47 Å². The van der Waals surface area contributed by atoms with E-state index in [1.54, 1.807) is 18.2 Å². The van der Waals surface area contributed by atoms with Gasteiger partial charge in [0.15, 0.2) is 5.52 Å². The molecular weight excluding hydrogens is 236 g/mol. The highest BCUT2D eigenvalue weighted by atomic mass is 16.6. The molecule has 0 spiro atoms. The van der Waals surface area contributed by atoms with Crippen molar-refractivity contribution in [3.8, 4) is 5.75 Å². The van der Waals surface area contributed by atoms with Gasteiger partial charge in [-0.3, -0.25) is 10.1 Å². The molecule has 0 saturated carbocycles. The van der Waals surface area contributed by atoms with E-state index in [-0.39, 0.29) is 11.8 Å². The molecule has 1 aromatic heterocycles. The van der Waals surface area contributed by atoms with Crippen molar-refractivity contribution in [2.75, 3.05) is 13.2 Å². The lowest BCUT2D eigenvalue weighted by atomic mass is 10.1. The molecule has 2 heterocycles. The maximum atomic E-state index is 10.9. The average molecular weight is 246 g/mol. The number of nitro groups is 1. The lowest BCUT2D eigenvalue weighted by Crippen LogP contribution is -2.04. The third-order valence-electron chi connectivity index (χ3n) is 2.73. The second kappa shape index (κ2) is 4.23. The largest absolute Gasteiger partial charge is 0.490 e. The predicted molar refractivity (Wildman–Crippen MR) is 63.6 cm³/mol. The zero-order valence-corrected chi connectivity index (χ0v) is 9.41. The molecule has 1 aromatic carbocycles. The molecule has 92 valence electrons. The summed E-state index contributed by atoms with van der Waals surface area (Å²) < 4.78 is 10.6. The van der Waals surface area contributed by atoms with Crippen LogP contribution in [0.4, 0.5) is 5.69 Å². The van der Waals surface area contributed by atoms with Crippen molar-refractivity contribution in [1.82, 2.24) is 4.98 Å². The maximum Gasteiger partial charge on any atom is 0.295 e. The Hall–Kier alpha value is -2.21. The van der Waals surface area contributed by atoms with Crippen LogP contribution < -0.4 is 4.74 Å². The van der Waals surface area contributed by atoms with E-state index in [1.807, 2.05) is 0 Å². The van der Waals surface area contributed by atoms with Crippen LogP contribution in [0.1, 0.15) is 0 Å². The molecule has 6 nitrogen and oxygen atoms in total. The highest BCUT2D eigenvalue weighted by Crippen LogP contribution is 2.31. The Kier molecular flexibility index (Phi) is 2.56. The van der Waals surface area contributed by atoms with E-state index < -0.39 is 4.92 Å². The van der Waals surface area contributed by atoms with Crippen molar-refractivity contribution < 1.29 is 14.4 Å². The van der Waals surface area contributed by atoms with E-state index in [9.17, 15) is 10.1 Å². The molecule has 1 aliphatic heterocycles. The lowest BCUT2D eigenvalue weighted by Gasteiger charge is -2.07. The molecule has 0 unspecified atom stereocenters. The number of epoxide rings is 1. The topological polar surface area (TPSA) is 77.8 Å². The van der Waals surface area contributed by atoms with Crippen molar-refractivity contribution in [2.45, 2.75) is 6.10 Å². The number of rotatable bonds is 4. The molecule has 1 atom stereocenters. The second-order valence-corrected chi connectivity index (χ2v) is 4.01. The molecule has 1 saturated heterocycles. The van der Waals surface area contributed by atoms with Gasteiger partial charge >= 0.3 is 0 Å². The lowest BCUT2D eigenvalue weighted by molar-refractivity contribution is -0.383. The first kappa shape index (κ1) is 10.9. The van der Waals surface area contributed by atoms with Gasteiger partial charge in [-0.25, -0.2) is 4.98 Å². The van der Waals surface area contributed by atoms with Crippen LogP contribution in [0.5, 0.6) is 5.75 Å². The number of hydrogen-bond acceptors (Lipinski definition) is 5. The van der Waals surface area contributed by atoms with Gasteiger partial charge in [0.05, 0.1) is 11.5 Å². The first-order valence-corrected chi connectivity index (χ1v) is 5.52. The van der Waals surface area contributed by atoms with Gasteiger partial charge in [0, 0.05) is 17.6 Å². The Morgan fingerprint density at radius 2 is 2.33 bits per heavy atom. The zero-order chi connectivity index (χ0) is 12.5. The monoisotopic (exact) mass is 246 g/mol. The molecule has 0 radical (unpaired) electrons. The van der Waals surface area contributed by atoms with E-state index in [0.717, 1.165) is 0 Å². The average Bonchev–Trinajstić information content (AvgIpc) is 3.19. The third kappa shape index (κ3) is 1.98. The molecule has 0 aliphatic carbocycles. The van der Waals surface area contributed by atoms with Crippen LogP contribution in [0.15, 0.2) is 30.5 Å². The van der Waals surface area contributed by atoms with E-state index in [1.165, 1.54) is 12.3 Å². The molecular formula is C12H10N2O4. The summed E-state index contributed by atoms with van der Waals surface area (Å²) in [6, 6.07) is 6.51. The minimum atomic E-state index is -0.441. The van der Waals surface area contributed by atoms with E-state index in [2.05, 4.69) is 4.98 Å². The first-order valence-electron chi connectivity index (χ1n) is 5.52. The quantitative estimate of drug-likeness (QED) is 0.468. The summed E-state index contributed by atoms with van der Waals surface area (Å²) >= 11 is 0. The number of nitro benzene ring substituents is 1. The fourth-order valence-corrected chi connectivity index (χ4v) is 1.75. The van der Waals surface area contributed by atoms with E-state index in [0.29, 0.717) is 29.9 Å². The molecule has 6 heteroatoms. The van der Waals surface area contributed by atoms with Crippen LogP contribution in [-0.2, 0) is 4.74 Å². The summed E-state index contributed by atoms with van der Waals surface area (Å²) in [5, 5.41) is 11.6. The van der Waals surface area contributed by atoms with Gasteiger partial charge in [0.25, 0.3) is 5.69 Å². The number of hydrogen-bond donors (Lipinski definition) is 0. The smallest absolute Gasteiger partial charge is 0.295 e. The fraction of sp³-hybridized carbons (Fsp3) is 0.250. The van der Waals surface area contributed by atoms with Crippen LogP contribution in [0.3, 0.4) is 0 Å². The van der Waals surface area contributed by atoms with Crippen LogP contribution in [0.25, 0.3) is 10.9 Å². The van der Waals surface area contributed by atoms with Crippen molar-refractivity contribution in [1.29, 1.82) is 0 Å². The Morgan fingerprint density at radius 1 is 1.50 bits per heavy atom. The highest BCUT2D eigenvalue weighted by molar-refractivity contribution is 5.91. The number of benzene rings is 1. The Balaban J connectivity index is 2.04. The maximum absolute atomic E-state index is 10.9. The fourth-order valence-electron chi connectivity index (χ4n) is 1.75. The Bertz CT molecular complexity index is 610. The number of ether oxygens (including phenoxy) is 2. The summed E-state index contributed by atoms with van der Waals surface area (Å²) in [5.41, 5.74) is 0.331. The minimum Gasteiger partial charge on any atom is -0.490 e. The molecule has 3 rings (SSSR count). The summed E-state index contributed by atoms with van der Waals surface area (Å²) in [4.78, 5) is 14.5. The second-order valence-electron chi connectivity index (χ2n) is 4.01. The number of pyridine rings is 1. The van der Waals surface area contributed by atoms with Gasteiger partial charge in [-0.15, -0.1) is 0 Å². The Labute approximate surface area is 102 Å².